The number of oxazole rings is 1. The summed E-state index contributed by atoms with van der Waals surface area (Å²) in [6.45, 7) is 2.43. The summed E-state index contributed by atoms with van der Waals surface area (Å²) in [6, 6.07) is 10.5. The number of esters is 1. The lowest BCUT2D eigenvalue weighted by Crippen LogP contribution is -2.36. The van der Waals surface area contributed by atoms with Gasteiger partial charge in [-0.1, -0.05) is 23.2 Å². The fourth-order valence-electron chi connectivity index (χ4n) is 4.91. The summed E-state index contributed by atoms with van der Waals surface area (Å²) in [5, 5.41) is 1.04. The molecule has 0 atom stereocenters. The number of halogens is 2. The number of carbonyl (C=O) groups is 1. The summed E-state index contributed by atoms with van der Waals surface area (Å²) in [5.74, 6) is 4.57. The molecule has 3 heterocycles. The first kappa shape index (κ1) is 33.0. The van der Waals surface area contributed by atoms with Gasteiger partial charge in [-0.3, -0.25) is 4.79 Å². The summed E-state index contributed by atoms with van der Waals surface area (Å²) in [7, 11) is -4.36. The van der Waals surface area contributed by atoms with E-state index in [1.807, 2.05) is 41.4 Å². The lowest BCUT2D eigenvalue weighted by molar-refractivity contribution is -0.677. The predicted molar refractivity (Wildman–Crippen MR) is 176 cm³/mol. The van der Waals surface area contributed by atoms with Gasteiger partial charge in [0.1, 0.15) is 6.10 Å². The van der Waals surface area contributed by atoms with E-state index in [1.165, 1.54) is 6.42 Å². The van der Waals surface area contributed by atoms with Gasteiger partial charge in [0, 0.05) is 52.4 Å². The largest absolute Gasteiger partial charge is 0.748 e. The number of ether oxygens (including phenoxy) is 2. The molecule has 3 aromatic rings. The molecule has 2 aliphatic rings. The molecule has 0 saturated carbocycles. The number of fused-ring (bicyclic) bond motifs is 2. The maximum absolute atomic E-state index is 12.9. The van der Waals surface area contributed by atoms with Crippen LogP contribution in [0.1, 0.15) is 32.1 Å². The molecule has 0 N–H and O–H groups in total. The molecule has 2 aliphatic heterocycles. The Morgan fingerprint density at radius 2 is 1.89 bits per heavy atom. The van der Waals surface area contributed by atoms with E-state index in [9.17, 15) is 17.8 Å². The van der Waals surface area contributed by atoms with Gasteiger partial charge in [-0.25, -0.2) is 8.42 Å². The molecule has 0 bridgehead atoms. The molecule has 9 nitrogen and oxygen atoms in total. The van der Waals surface area contributed by atoms with Gasteiger partial charge < -0.3 is 23.3 Å². The summed E-state index contributed by atoms with van der Waals surface area (Å²) in [4.78, 5) is 14.8. The second-order valence-electron chi connectivity index (χ2n) is 10.4. The van der Waals surface area contributed by atoms with Gasteiger partial charge in [0.15, 0.2) is 12.3 Å². The van der Waals surface area contributed by atoms with E-state index in [4.69, 9.17) is 37.1 Å². The van der Waals surface area contributed by atoms with Crippen LogP contribution in [0, 0.1) is 0 Å². The molecule has 0 amide bonds. The molecule has 14 heteroatoms. The molecule has 1 saturated heterocycles. The number of nitrogens with zero attached hydrogens (tertiary/aromatic N) is 2. The molecule has 0 spiro atoms. The minimum Gasteiger partial charge on any atom is -0.748 e. The number of aryl methyl sites for hydroxylation is 1. The Balaban J connectivity index is 1.37. The molecule has 0 aliphatic carbocycles. The third-order valence-electron chi connectivity index (χ3n) is 6.89. The van der Waals surface area contributed by atoms with Crippen molar-refractivity contribution in [3.63, 3.8) is 0 Å². The van der Waals surface area contributed by atoms with Crippen molar-refractivity contribution in [1.82, 2.24) is 0 Å². The number of aromatic nitrogens is 1. The van der Waals surface area contributed by atoms with Gasteiger partial charge in [0.2, 0.25) is 11.5 Å². The highest BCUT2D eigenvalue weighted by molar-refractivity contribution is 8.00. The molecular weight excluding hydrogens is 667 g/mol. The third-order valence-corrected chi connectivity index (χ3v) is 10.5. The average molecular weight is 700 g/mol. The van der Waals surface area contributed by atoms with Gasteiger partial charge in [-0.05, 0) is 60.8 Å². The van der Waals surface area contributed by atoms with Crippen molar-refractivity contribution in [1.29, 1.82) is 0 Å². The van der Waals surface area contributed by atoms with E-state index in [1.54, 1.807) is 47.0 Å². The molecule has 236 valence electrons. The van der Waals surface area contributed by atoms with E-state index >= 15 is 0 Å². The zero-order chi connectivity index (χ0) is 31.3. The van der Waals surface area contributed by atoms with Crippen molar-refractivity contribution < 1.29 is 36.2 Å². The van der Waals surface area contributed by atoms with Crippen molar-refractivity contribution >= 4 is 85.7 Å². The molecule has 5 rings (SSSR count). The van der Waals surface area contributed by atoms with Crippen LogP contribution in [0.2, 0.25) is 10.0 Å². The number of anilines is 1. The molecule has 1 aromatic heterocycles. The highest BCUT2D eigenvalue weighted by Gasteiger charge is 2.28. The van der Waals surface area contributed by atoms with Crippen molar-refractivity contribution in [3.05, 3.63) is 69.9 Å². The summed E-state index contributed by atoms with van der Waals surface area (Å²) in [5.41, 5.74) is 2.73. The highest BCUT2D eigenvalue weighted by atomic mass is 35.5. The normalized spacial score (nSPS) is 17.4. The molecule has 44 heavy (non-hydrogen) atoms. The zero-order valence-electron chi connectivity index (χ0n) is 24.0. The topological polar surface area (TPSA) is 113 Å². The third kappa shape index (κ3) is 8.88. The van der Waals surface area contributed by atoms with E-state index < -0.39 is 15.9 Å². The molecule has 1 fully saturated rings. The predicted octanol–water partition coefficient (Wildman–Crippen LogP) is 6.28. The monoisotopic (exact) mass is 698 g/mol. The van der Waals surface area contributed by atoms with Crippen molar-refractivity contribution in [2.75, 3.05) is 40.2 Å². The summed E-state index contributed by atoms with van der Waals surface area (Å²) >= 11 is 16.2. The van der Waals surface area contributed by atoms with Crippen molar-refractivity contribution in [2.45, 2.75) is 38.8 Å². The Bertz CT molecular complexity index is 1680. The van der Waals surface area contributed by atoms with Gasteiger partial charge in [0.25, 0.3) is 5.52 Å². The number of hydrogen-bond acceptors (Lipinski definition) is 10. The Hall–Kier alpha value is -2.35. The van der Waals surface area contributed by atoms with Crippen LogP contribution in [-0.4, -0.2) is 60.4 Å². The standard InChI is InChI=1S/C30H32Cl2N2O7S3/c1-20(14-28-33(9-2-13-44(36,37)38)24-16-21(31)4-6-26(24)40-28)15-29-34(25-17-22(32)5-7-27(25)41-29)10-8-30(35)39-23-18-42-11-3-12-43-19-23/h4-7,14-17,23H,2-3,8-13,18-19H2,1H3. The van der Waals surface area contributed by atoms with Gasteiger partial charge in [-0.15, -0.1) is 0 Å². The quantitative estimate of drug-likeness (QED) is 0.136. The van der Waals surface area contributed by atoms with Gasteiger partial charge >= 0.3 is 11.9 Å². The van der Waals surface area contributed by atoms with Crippen LogP contribution in [0.5, 0.6) is 5.75 Å². The number of allylic oxidation sites excluding steroid dienone is 2. The zero-order valence-corrected chi connectivity index (χ0v) is 28.0. The fourth-order valence-corrected chi connectivity index (χ4v) is 7.99. The number of carbonyl (C=O) groups excluding carboxylic acids is 1. The van der Waals surface area contributed by atoms with Crippen LogP contribution >= 0.6 is 46.7 Å². The second-order valence-corrected chi connectivity index (χ2v) is 15.1. The first-order valence-corrected chi connectivity index (χ1v) is 18.8. The number of rotatable bonds is 10. The lowest BCUT2D eigenvalue weighted by atomic mass is 10.2. The maximum atomic E-state index is 12.9. The van der Waals surface area contributed by atoms with Crippen LogP contribution in [0.4, 0.5) is 5.69 Å². The van der Waals surface area contributed by atoms with Crippen LogP contribution in [0.15, 0.2) is 58.3 Å². The summed E-state index contributed by atoms with van der Waals surface area (Å²) < 4.78 is 53.5. The highest BCUT2D eigenvalue weighted by Crippen LogP contribution is 2.41. The lowest BCUT2D eigenvalue weighted by Gasteiger charge is -2.21. The fraction of sp³-hybridized carbons (Fsp3) is 0.400. The van der Waals surface area contributed by atoms with E-state index in [2.05, 4.69) is 0 Å². The number of thioether (sulfide) groups is 2. The van der Waals surface area contributed by atoms with E-state index in [0.29, 0.717) is 45.2 Å². The summed E-state index contributed by atoms with van der Waals surface area (Å²) in [6.07, 6.45) is 4.96. The average Bonchev–Trinajstić information content (AvgIpc) is 3.44. The van der Waals surface area contributed by atoms with Crippen molar-refractivity contribution in [2.24, 2.45) is 0 Å². The van der Waals surface area contributed by atoms with Gasteiger partial charge in [-0.2, -0.15) is 28.1 Å². The Labute approximate surface area is 275 Å². The van der Waals surface area contributed by atoms with Crippen molar-refractivity contribution in [3.8, 4) is 5.75 Å². The minimum atomic E-state index is -4.36. The Morgan fingerprint density at radius 3 is 2.64 bits per heavy atom. The second kappa shape index (κ2) is 14.8. The smallest absolute Gasteiger partial charge is 0.374 e. The van der Waals surface area contributed by atoms with E-state index in [-0.39, 0.29) is 31.5 Å². The molecule has 0 unspecified atom stereocenters. The molecule has 2 aromatic carbocycles. The number of hydrogen-bond donors (Lipinski definition) is 0. The number of benzene rings is 2. The van der Waals surface area contributed by atoms with Gasteiger partial charge in [0.05, 0.1) is 28.3 Å². The Kier molecular flexibility index (Phi) is 11.1. The minimum absolute atomic E-state index is 0.103. The van der Waals surface area contributed by atoms with E-state index in [0.717, 1.165) is 34.3 Å². The Morgan fingerprint density at radius 1 is 1.16 bits per heavy atom. The first-order chi connectivity index (χ1) is 21.1. The van der Waals surface area contributed by atoms with Crippen LogP contribution in [0.25, 0.3) is 17.2 Å². The van der Waals surface area contributed by atoms with Crippen LogP contribution in [-0.2, 0) is 26.2 Å². The first-order valence-electron chi connectivity index (χ1n) is 14.1. The maximum Gasteiger partial charge on any atom is 0.374 e. The van der Waals surface area contributed by atoms with Crippen LogP contribution < -0.4 is 14.2 Å². The molecular formula is C30H32Cl2N2O7S3. The SMILES string of the molecule is CC(=Cc1oc2ccc(Cl)cc2[n+]1CCCS(=O)(=O)[O-])C=C1Oc2ccc(Cl)cc2N1CCC(=O)OC1CSCCCSC1. The van der Waals surface area contributed by atoms with Crippen LogP contribution in [0.3, 0.4) is 0 Å². The molecule has 0 radical (unpaired) electrons.